The zero-order valence-corrected chi connectivity index (χ0v) is 10.5. The van der Waals surface area contributed by atoms with Gasteiger partial charge in [-0.25, -0.2) is 4.39 Å². The van der Waals surface area contributed by atoms with E-state index < -0.39 is 0 Å². The van der Waals surface area contributed by atoms with Crippen LogP contribution < -0.4 is 5.32 Å². The first kappa shape index (κ1) is 12.5. The van der Waals surface area contributed by atoms with E-state index in [0.29, 0.717) is 11.7 Å². The molecule has 2 rings (SSSR count). The summed E-state index contributed by atoms with van der Waals surface area (Å²) in [6, 6.07) is 5.21. The van der Waals surface area contributed by atoms with Gasteiger partial charge in [0.1, 0.15) is 5.82 Å². The van der Waals surface area contributed by atoms with E-state index in [-0.39, 0.29) is 11.9 Å². The molecular formula is C14H20FNO. The lowest BCUT2D eigenvalue weighted by Gasteiger charge is -2.26. The van der Waals surface area contributed by atoms with Gasteiger partial charge in [-0.15, -0.1) is 0 Å². The van der Waals surface area contributed by atoms with Gasteiger partial charge < -0.3 is 10.1 Å². The summed E-state index contributed by atoms with van der Waals surface area (Å²) in [6.07, 6.45) is 2.49. The van der Waals surface area contributed by atoms with Gasteiger partial charge in [-0.1, -0.05) is 12.1 Å². The molecule has 1 aromatic carbocycles. The van der Waals surface area contributed by atoms with Gasteiger partial charge in [0.15, 0.2) is 0 Å². The van der Waals surface area contributed by atoms with Gasteiger partial charge in [0.2, 0.25) is 0 Å². The lowest BCUT2D eigenvalue weighted by molar-refractivity contribution is -0.0187. The van der Waals surface area contributed by atoms with Crippen LogP contribution in [0.5, 0.6) is 0 Å². The Morgan fingerprint density at radius 3 is 2.71 bits per heavy atom. The predicted octanol–water partition coefficient (Wildman–Crippen LogP) is 2.96. The molecule has 1 saturated heterocycles. The maximum absolute atomic E-state index is 13.2. The molecule has 3 heteroatoms. The van der Waals surface area contributed by atoms with Gasteiger partial charge in [0, 0.05) is 0 Å². The van der Waals surface area contributed by atoms with Crippen LogP contribution in [0.3, 0.4) is 0 Å². The van der Waals surface area contributed by atoms with Crippen molar-refractivity contribution in [2.24, 2.45) is 0 Å². The largest absolute Gasteiger partial charge is 0.370 e. The van der Waals surface area contributed by atoms with Crippen LogP contribution in [0.25, 0.3) is 0 Å². The molecule has 17 heavy (non-hydrogen) atoms. The fourth-order valence-corrected chi connectivity index (χ4v) is 2.22. The van der Waals surface area contributed by atoms with Gasteiger partial charge >= 0.3 is 0 Å². The van der Waals surface area contributed by atoms with E-state index >= 15 is 0 Å². The summed E-state index contributed by atoms with van der Waals surface area (Å²) in [5.74, 6) is -0.150. The van der Waals surface area contributed by atoms with Gasteiger partial charge in [0.05, 0.1) is 12.2 Å². The van der Waals surface area contributed by atoms with Gasteiger partial charge in [-0.3, -0.25) is 0 Å². The molecule has 0 radical (unpaired) electrons. The molecule has 0 saturated carbocycles. The lowest BCUT2D eigenvalue weighted by Crippen LogP contribution is -2.33. The Morgan fingerprint density at radius 2 is 2.06 bits per heavy atom. The van der Waals surface area contributed by atoms with Crippen molar-refractivity contribution >= 4 is 0 Å². The van der Waals surface area contributed by atoms with E-state index in [4.69, 9.17) is 4.74 Å². The minimum Gasteiger partial charge on any atom is -0.370 e. The number of rotatable bonds is 3. The summed E-state index contributed by atoms with van der Waals surface area (Å²) in [7, 11) is 0. The highest BCUT2D eigenvalue weighted by Crippen LogP contribution is 2.23. The van der Waals surface area contributed by atoms with Crippen LogP contribution in [0.1, 0.15) is 37.0 Å². The molecule has 0 bridgehead atoms. The number of piperidine rings is 1. The smallest absolute Gasteiger partial charge is 0.126 e. The molecule has 1 unspecified atom stereocenters. The van der Waals surface area contributed by atoms with Crippen molar-refractivity contribution in [3.8, 4) is 0 Å². The van der Waals surface area contributed by atoms with Crippen LogP contribution in [0.2, 0.25) is 0 Å². The number of nitrogens with one attached hydrogen (secondary N) is 1. The molecule has 0 aliphatic carbocycles. The molecule has 1 fully saturated rings. The fourth-order valence-electron chi connectivity index (χ4n) is 2.22. The second-order valence-corrected chi connectivity index (χ2v) is 4.74. The highest BCUT2D eigenvalue weighted by molar-refractivity contribution is 5.25. The number of halogens is 1. The number of hydrogen-bond donors (Lipinski definition) is 1. The third-order valence-electron chi connectivity index (χ3n) is 3.33. The van der Waals surface area contributed by atoms with E-state index in [0.717, 1.165) is 31.5 Å². The molecule has 94 valence electrons. The van der Waals surface area contributed by atoms with Crippen molar-refractivity contribution in [1.29, 1.82) is 0 Å². The van der Waals surface area contributed by atoms with Crippen molar-refractivity contribution in [2.75, 3.05) is 13.1 Å². The Balaban J connectivity index is 1.98. The topological polar surface area (TPSA) is 21.3 Å². The molecule has 0 aromatic heterocycles. The maximum Gasteiger partial charge on any atom is 0.126 e. The Morgan fingerprint density at radius 1 is 1.35 bits per heavy atom. The highest BCUT2D eigenvalue weighted by Gasteiger charge is 2.17. The normalized spacial score (nSPS) is 19.2. The van der Waals surface area contributed by atoms with Gasteiger partial charge in [-0.05, 0) is 57.0 Å². The zero-order valence-electron chi connectivity index (χ0n) is 10.5. The predicted molar refractivity (Wildman–Crippen MR) is 66.5 cm³/mol. The Hall–Kier alpha value is -0.930. The van der Waals surface area contributed by atoms with Crippen molar-refractivity contribution < 1.29 is 9.13 Å². The molecule has 1 aromatic rings. The molecule has 1 N–H and O–H groups in total. The molecule has 1 atom stereocenters. The quantitative estimate of drug-likeness (QED) is 0.872. The maximum atomic E-state index is 13.2. The van der Waals surface area contributed by atoms with E-state index in [9.17, 15) is 4.39 Å². The second kappa shape index (κ2) is 5.61. The molecular weight excluding hydrogens is 217 g/mol. The average molecular weight is 237 g/mol. The molecule has 0 amide bonds. The minimum atomic E-state index is -0.150. The monoisotopic (exact) mass is 237 g/mol. The Kier molecular flexibility index (Phi) is 4.13. The highest BCUT2D eigenvalue weighted by atomic mass is 19.1. The standard InChI is InChI=1S/C14H20FNO/c1-10-9-12(3-4-14(10)15)11(2)17-13-5-7-16-8-6-13/h3-4,9,11,13,16H,5-8H2,1-2H3. The van der Waals surface area contributed by atoms with Crippen molar-refractivity contribution in [1.82, 2.24) is 5.32 Å². The van der Waals surface area contributed by atoms with Crippen LogP contribution in [0, 0.1) is 12.7 Å². The zero-order chi connectivity index (χ0) is 12.3. The third-order valence-corrected chi connectivity index (χ3v) is 3.33. The number of aryl methyl sites for hydroxylation is 1. The van der Waals surface area contributed by atoms with Gasteiger partial charge in [0.25, 0.3) is 0 Å². The van der Waals surface area contributed by atoms with Crippen LogP contribution in [-0.2, 0) is 4.74 Å². The van der Waals surface area contributed by atoms with E-state index in [1.54, 1.807) is 6.92 Å². The Labute approximate surface area is 102 Å². The SMILES string of the molecule is Cc1cc(C(C)OC2CCNCC2)ccc1F. The number of ether oxygens (including phenoxy) is 1. The van der Waals surface area contributed by atoms with Gasteiger partial charge in [-0.2, -0.15) is 0 Å². The van der Waals surface area contributed by atoms with E-state index in [1.165, 1.54) is 6.07 Å². The summed E-state index contributed by atoms with van der Waals surface area (Å²) in [6.45, 7) is 5.88. The van der Waals surface area contributed by atoms with E-state index in [1.807, 2.05) is 19.1 Å². The van der Waals surface area contributed by atoms with Crippen molar-refractivity contribution in [2.45, 2.75) is 38.9 Å². The Bertz CT molecular complexity index is 374. The minimum absolute atomic E-state index is 0.0393. The average Bonchev–Trinajstić information content (AvgIpc) is 2.34. The molecule has 1 aliphatic heterocycles. The lowest BCUT2D eigenvalue weighted by atomic mass is 10.1. The van der Waals surface area contributed by atoms with Crippen molar-refractivity contribution in [3.05, 3.63) is 35.1 Å². The molecule has 2 nitrogen and oxygen atoms in total. The van der Waals surface area contributed by atoms with Crippen LogP contribution in [0.15, 0.2) is 18.2 Å². The second-order valence-electron chi connectivity index (χ2n) is 4.74. The molecule has 0 spiro atoms. The molecule has 1 aliphatic rings. The summed E-state index contributed by atoms with van der Waals surface area (Å²) in [5.41, 5.74) is 1.74. The number of hydrogen-bond acceptors (Lipinski definition) is 2. The summed E-state index contributed by atoms with van der Waals surface area (Å²) < 4.78 is 19.2. The summed E-state index contributed by atoms with van der Waals surface area (Å²) in [5, 5.41) is 3.31. The first-order valence-corrected chi connectivity index (χ1v) is 6.29. The van der Waals surface area contributed by atoms with Crippen LogP contribution in [-0.4, -0.2) is 19.2 Å². The first-order valence-electron chi connectivity index (χ1n) is 6.29. The summed E-state index contributed by atoms with van der Waals surface area (Å²) >= 11 is 0. The summed E-state index contributed by atoms with van der Waals surface area (Å²) in [4.78, 5) is 0. The van der Waals surface area contributed by atoms with Crippen LogP contribution >= 0.6 is 0 Å². The molecule has 1 heterocycles. The fraction of sp³-hybridized carbons (Fsp3) is 0.571. The van der Waals surface area contributed by atoms with Crippen molar-refractivity contribution in [3.63, 3.8) is 0 Å². The third kappa shape index (κ3) is 3.27. The number of benzene rings is 1. The van der Waals surface area contributed by atoms with Crippen LogP contribution in [0.4, 0.5) is 4.39 Å². The first-order chi connectivity index (χ1) is 8.16. The van der Waals surface area contributed by atoms with E-state index in [2.05, 4.69) is 5.32 Å².